The molecule has 0 aliphatic carbocycles. The summed E-state index contributed by atoms with van der Waals surface area (Å²) >= 11 is 1.29. The van der Waals surface area contributed by atoms with Crippen molar-refractivity contribution < 1.29 is 28.2 Å². The summed E-state index contributed by atoms with van der Waals surface area (Å²) < 4.78 is 24.2. The van der Waals surface area contributed by atoms with Crippen molar-refractivity contribution in [1.29, 1.82) is 0 Å². The molecule has 190 valence electrons. The third-order valence-corrected chi connectivity index (χ3v) is 7.70. The number of thioether (sulfide) groups is 1. The molecule has 10 nitrogen and oxygen atoms in total. The minimum atomic E-state index is -0.624. The molecule has 2 aromatic carbocycles. The first-order valence-electron chi connectivity index (χ1n) is 11.4. The highest BCUT2D eigenvalue weighted by molar-refractivity contribution is 8.00. The third-order valence-electron chi connectivity index (χ3n) is 6.48. The fourth-order valence-electron chi connectivity index (χ4n) is 4.51. The highest BCUT2D eigenvalue weighted by Crippen LogP contribution is 2.35. The molecule has 2 fully saturated rings. The van der Waals surface area contributed by atoms with E-state index in [4.69, 9.17) is 9.47 Å². The summed E-state index contributed by atoms with van der Waals surface area (Å²) in [6.45, 7) is 0.500. The minimum absolute atomic E-state index is 0.0935. The van der Waals surface area contributed by atoms with Crippen LogP contribution in [0.1, 0.15) is 17.3 Å². The summed E-state index contributed by atoms with van der Waals surface area (Å²) in [5.74, 6) is -0.107. The average Bonchev–Trinajstić information content (AvgIpc) is 3.36. The van der Waals surface area contributed by atoms with Crippen LogP contribution >= 0.6 is 11.8 Å². The van der Waals surface area contributed by atoms with E-state index >= 15 is 0 Å². The minimum Gasteiger partial charge on any atom is -0.454 e. The summed E-state index contributed by atoms with van der Waals surface area (Å²) in [4.78, 5) is 40.9. The maximum Gasteiger partial charge on any atom is 0.327 e. The molecule has 5 rings (SSSR count). The number of amides is 4. The molecule has 3 aliphatic heterocycles. The Bertz CT molecular complexity index is 1180. The number of carbonyl (C=O) groups excluding carboxylic acids is 3. The Morgan fingerprint density at radius 2 is 1.86 bits per heavy atom. The van der Waals surface area contributed by atoms with Crippen molar-refractivity contribution in [3.8, 4) is 11.5 Å². The van der Waals surface area contributed by atoms with Crippen molar-refractivity contribution in [2.24, 2.45) is 5.92 Å². The number of hydrogen-bond acceptors (Lipinski definition) is 8. The molecule has 0 spiro atoms. The van der Waals surface area contributed by atoms with Gasteiger partial charge < -0.3 is 19.7 Å². The lowest BCUT2D eigenvalue weighted by Crippen LogP contribution is -2.72. The second-order valence-corrected chi connectivity index (χ2v) is 9.91. The number of carbonyl (C=O) groups is 3. The molecule has 4 atom stereocenters. The fourth-order valence-corrected chi connectivity index (χ4v) is 5.65. The molecular formula is C24H26FN5O5S. The van der Waals surface area contributed by atoms with Crippen LogP contribution in [0.25, 0.3) is 0 Å². The first-order valence-corrected chi connectivity index (χ1v) is 12.5. The number of ether oxygens (including phenoxy) is 2. The maximum atomic E-state index is 13.5. The van der Waals surface area contributed by atoms with Gasteiger partial charge >= 0.3 is 6.03 Å². The van der Waals surface area contributed by atoms with Crippen molar-refractivity contribution in [3.63, 3.8) is 0 Å². The van der Waals surface area contributed by atoms with Gasteiger partial charge in [0, 0.05) is 20.6 Å². The molecule has 4 unspecified atom stereocenters. The quantitative estimate of drug-likeness (QED) is 0.532. The monoisotopic (exact) mass is 515 g/mol. The van der Waals surface area contributed by atoms with Crippen LogP contribution in [0.3, 0.4) is 0 Å². The fraction of sp³-hybridized carbons (Fsp3) is 0.375. The van der Waals surface area contributed by atoms with Gasteiger partial charge in [-0.25, -0.2) is 9.18 Å². The van der Waals surface area contributed by atoms with E-state index in [2.05, 4.69) is 16.0 Å². The molecule has 4 amide bonds. The molecule has 12 heteroatoms. The van der Waals surface area contributed by atoms with Gasteiger partial charge in [0.25, 0.3) is 0 Å². The normalized spacial score (nSPS) is 25.1. The zero-order valence-corrected chi connectivity index (χ0v) is 20.5. The summed E-state index contributed by atoms with van der Waals surface area (Å²) in [6.07, 6.45) is -1.04. The number of nitrogens with one attached hydrogen (secondary N) is 3. The topological polar surface area (TPSA) is 112 Å². The number of imide groups is 1. The molecule has 0 aromatic heterocycles. The second-order valence-electron chi connectivity index (χ2n) is 8.78. The lowest BCUT2D eigenvalue weighted by Gasteiger charge is -2.50. The van der Waals surface area contributed by atoms with Gasteiger partial charge in [-0.15, -0.1) is 11.8 Å². The van der Waals surface area contributed by atoms with Gasteiger partial charge in [-0.3, -0.25) is 25.1 Å². The second kappa shape index (κ2) is 9.96. The Hall–Kier alpha value is -3.35. The van der Waals surface area contributed by atoms with Crippen LogP contribution in [0, 0.1) is 11.7 Å². The SMILES string of the molecule is CN1C(=O)C2C(SCC(=O)NCc3ccc4c(c3)OCO4)NC(c3ccc(F)cc3)NC2N(C)C1=O. The lowest BCUT2D eigenvalue weighted by molar-refractivity contribution is -0.140. The first-order chi connectivity index (χ1) is 17.3. The van der Waals surface area contributed by atoms with Crippen LogP contribution in [-0.2, 0) is 16.1 Å². The van der Waals surface area contributed by atoms with Crippen LogP contribution in [0.15, 0.2) is 42.5 Å². The summed E-state index contributed by atoms with van der Waals surface area (Å²) in [5, 5.41) is 9.07. The Balaban J connectivity index is 1.27. The van der Waals surface area contributed by atoms with Gasteiger partial charge in [-0.05, 0) is 35.4 Å². The van der Waals surface area contributed by atoms with Gasteiger partial charge in [0.1, 0.15) is 5.82 Å². The van der Waals surface area contributed by atoms with E-state index in [1.54, 1.807) is 25.2 Å². The van der Waals surface area contributed by atoms with E-state index in [1.165, 1.54) is 35.8 Å². The van der Waals surface area contributed by atoms with E-state index in [-0.39, 0.29) is 30.2 Å². The number of fused-ring (bicyclic) bond motifs is 2. The Morgan fingerprint density at radius 1 is 1.11 bits per heavy atom. The number of halogens is 1. The van der Waals surface area contributed by atoms with E-state index in [1.807, 2.05) is 12.1 Å². The molecule has 2 saturated heterocycles. The van der Waals surface area contributed by atoms with Crippen molar-refractivity contribution in [1.82, 2.24) is 25.8 Å². The highest BCUT2D eigenvalue weighted by Gasteiger charge is 2.51. The van der Waals surface area contributed by atoms with Gasteiger partial charge in [0.15, 0.2) is 11.5 Å². The molecular weight excluding hydrogens is 489 g/mol. The molecule has 0 radical (unpaired) electrons. The molecule has 36 heavy (non-hydrogen) atoms. The molecule has 3 aliphatic rings. The number of benzene rings is 2. The molecule has 0 bridgehead atoms. The predicted octanol–water partition coefficient (Wildman–Crippen LogP) is 1.59. The van der Waals surface area contributed by atoms with Crippen LogP contribution in [0.5, 0.6) is 11.5 Å². The summed E-state index contributed by atoms with van der Waals surface area (Å²) in [6, 6.07) is 11.0. The Kier molecular flexibility index (Phi) is 6.73. The smallest absolute Gasteiger partial charge is 0.327 e. The van der Waals surface area contributed by atoms with Crippen LogP contribution in [0.2, 0.25) is 0 Å². The van der Waals surface area contributed by atoms with Gasteiger partial charge in [-0.1, -0.05) is 18.2 Å². The third kappa shape index (κ3) is 4.71. The number of rotatable bonds is 6. The van der Waals surface area contributed by atoms with E-state index in [0.717, 1.165) is 16.0 Å². The average molecular weight is 516 g/mol. The highest BCUT2D eigenvalue weighted by atomic mass is 32.2. The molecule has 3 N–H and O–H groups in total. The zero-order valence-electron chi connectivity index (χ0n) is 19.7. The molecule has 0 saturated carbocycles. The first kappa shape index (κ1) is 24.3. The van der Waals surface area contributed by atoms with E-state index in [9.17, 15) is 18.8 Å². The molecule has 3 heterocycles. The van der Waals surface area contributed by atoms with Crippen molar-refractivity contribution in [2.75, 3.05) is 26.6 Å². The van der Waals surface area contributed by atoms with Crippen molar-refractivity contribution in [3.05, 3.63) is 59.4 Å². The van der Waals surface area contributed by atoms with Gasteiger partial charge in [0.05, 0.1) is 29.4 Å². The van der Waals surface area contributed by atoms with Crippen LogP contribution < -0.4 is 25.4 Å². The number of urea groups is 1. The van der Waals surface area contributed by atoms with Crippen LogP contribution in [-0.4, -0.2) is 65.8 Å². The number of hydrogen-bond donors (Lipinski definition) is 3. The van der Waals surface area contributed by atoms with E-state index in [0.29, 0.717) is 18.0 Å². The summed E-state index contributed by atoms with van der Waals surface area (Å²) in [5.41, 5.74) is 1.62. The lowest BCUT2D eigenvalue weighted by atomic mass is 9.96. The van der Waals surface area contributed by atoms with Gasteiger partial charge in [0.2, 0.25) is 18.6 Å². The van der Waals surface area contributed by atoms with Crippen molar-refractivity contribution in [2.45, 2.75) is 24.3 Å². The van der Waals surface area contributed by atoms with Crippen molar-refractivity contribution >= 4 is 29.6 Å². The number of nitrogens with zero attached hydrogens (tertiary/aromatic N) is 2. The molecule has 2 aromatic rings. The standard InChI is InChI=1S/C24H26FN5O5S/c1-29-21-19(23(32)30(2)24(29)33)22(28-20(27-21)14-4-6-15(25)7-5-14)36-11-18(31)26-10-13-3-8-16-17(9-13)35-12-34-16/h3-9,19-22,27-28H,10-12H2,1-2H3,(H,26,31). The summed E-state index contributed by atoms with van der Waals surface area (Å²) in [7, 11) is 3.08. The maximum absolute atomic E-state index is 13.5. The predicted molar refractivity (Wildman–Crippen MR) is 129 cm³/mol. The zero-order chi connectivity index (χ0) is 25.4. The van der Waals surface area contributed by atoms with Gasteiger partial charge in [-0.2, -0.15) is 0 Å². The largest absolute Gasteiger partial charge is 0.454 e. The Morgan fingerprint density at radius 3 is 2.64 bits per heavy atom. The van der Waals surface area contributed by atoms with Crippen LogP contribution in [0.4, 0.5) is 9.18 Å². The Labute approximate surface area is 211 Å². The van der Waals surface area contributed by atoms with E-state index < -0.39 is 29.7 Å².